The highest BCUT2D eigenvalue weighted by Crippen LogP contribution is 2.11. The van der Waals surface area contributed by atoms with Crippen molar-refractivity contribution < 1.29 is 0 Å². The van der Waals surface area contributed by atoms with E-state index in [2.05, 4.69) is 20.5 Å². The molecule has 15 heavy (non-hydrogen) atoms. The van der Waals surface area contributed by atoms with Crippen molar-refractivity contribution in [1.29, 1.82) is 0 Å². The molecule has 0 atom stereocenters. The lowest BCUT2D eigenvalue weighted by Crippen LogP contribution is -2.10. The minimum atomic E-state index is 0.545. The number of rotatable bonds is 4. The minimum Gasteiger partial charge on any atom is -0.329 e. The molecule has 0 aliphatic carbocycles. The highest BCUT2D eigenvalue weighted by molar-refractivity contribution is 5.46. The van der Waals surface area contributed by atoms with Gasteiger partial charge in [-0.05, 0) is 6.92 Å². The Labute approximate surface area is 86.9 Å². The summed E-state index contributed by atoms with van der Waals surface area (Å²) in [5.74, 6) is 0.737. The second kappa shape index (κ2) is 4.18. The van der Waals surface area contributed by atoms with E-state index in [0.29, 0.717) is 13.1 Å². The maximum atomic E-state index is 5.42. The third-order valence-corrected chi connectivity index (χ3v) is 2.08. The lowest BCUT2D eigenvalue weighted by atomic mass is 10.4. The van der Waals surface area contributed by atoms with Crippen molar-refractivity contribution >= 4 is 0 Å². The van der Waals surface area contributed by atoms with Gasteiger partial charge in [-0.25, -0.2) is 0 Å². The van der Waals surface area contributed by atoms with Crippen LogP contribution in [0.15, 0.2) is 12.5 Å². The Morgan fingerprint density at radius 3 is 3.00 bits per heavy atom. The molecule has 2 heterocycles. The van der Waals surface area contributed by atoms with Crippen molar-refractivity contribution in [1.82, 2.24) is 29.8 Å². The molecule has 0 aliphatic rings. The van der Waals surface area contributed by atoms with Crippen LogP contribution in [0.3, 0.4) is 0 Å². The van der Waals surface area contributed by atoms with Crippen LogP contribution in [-0.2, 0) is 13.1 Å². The summed E-state index contributed by atoms with van der Waals surface area (Å²) in [6.07, 6.45) is 3.50. The lowest BCUT2D eigenvalue weighted by molar-refractivity contribution is 0.598. The van der Waals surface area contributed by atoms with Crippen LogP contribution in [-0.4, -0.2) is 36.3 Å². The lowest BCUT2D eigenvalue weighted by Gasteiger charge is -1.97. The monoisotopic (exact) mass is 207 g/mol. The zero-order chi connectivity index (χ0) is 10.7. The molecule has 2 N–H and O–H groups in total. The predicted octanol–water partition coefficient (Wildman–Crippen LogP) is -0.485. The summed E-state index contributed by atoms with van der Waals surface area (Å²) in [4.78, 5) is 0. The second-order valence-electron chi connectivity index (χ2n) is 3.10. The van der Waals surface area contributed by atoms with Crippen molar-refractivity contribution in [2.45, 2.75) is 20.0 Å². The van der Waals surface area contributed by atoms with Crippen LogP contribution in [0, 0.1) is 0 Å². The Bertz CT molecular complexity index is 430. The molecule has 7 nitrogen and oxygen atoms in total. The van der Waals surface area contributed by atoms with Crippen LogP contribution < -0.4 is 5.73 Å². The molecule has 2 aromatic heterocycles. The van der Waals surface area contributed by atoms with Crippen LogP contribution in [0.1, 0.15) is 6.92 Å². The van der Waals surface area contributed by atoms with E-state index in [1.807, 2.05) is 17.7 Å². The van der Waals surface area contributed by atoms with Gasteiger partial charge in [0.25, 0.3) is 0 Å². The van der Waals surface area contributed by atoms with Gasteiger partial charge in [0.05, 0.1) is 12.7 Å². The molecule has 0 unspecified atom stereocenters. The molecule has 80 valence electrons. The van der Waals surface area contributed by atoms with Gasteiger partial charge in [0.15, 0.2) is 11.5 Å². The summed E-state index contributed by atoms with van der Waals surface area (Å²) in [6.45, 7) is 4.04. The second-order valence-corrected chi connectivity index (χ2v) is 3.10. The number of hydrogen-bond acceptors (Lipinski definition) is 5. The van der Waals surface area contributed by atoms with Crippen molar-refractivity contribution in [3.63, 3.8) is 0 Å². The number of aryl methyl sites for hydroxylation is 1. The van der Waals surface area contributed by atoms with E-state index < -0.39 is 0 Å². The van der Waals surface area contributed by atoms with Gasteiger partial charge in [-0.15, -0.1) is 15.3 Å². The first-order valence-electron chi connectivity index (χ1n) is 4.83. The Balaban J connectivity index is 2.28. The van der Waals surface area contributed by atoms with E-state index in [0.717, 1.165) is 18.1 Å². The fraction of sp³-hybridized carbons (Fsp3) is 0.500. The third kappa shape index (κ3) is 1.86. The molecule has 7 heteroatoms. The van der Waals surface area contributed by atoms with Gasteiger partial charge in [0, 0.05) is 13.1 Å². The Morgan fingerprint density at radius 1 is 1.40 bits per heavy atom. The first-order chi connectivity index (χ1) is 7.35. The number of nitrogens with zero attached hydrogens (tertiary/aromatic N) is 6. The fourth-order valence-electron chi connectivity index (χ4n) is 1.33. The molecule has 0 amide bonds. The summed E-state index contributed by atoms with van der Waals surface area (Å²) in [6, 6.07) is 0. The Morgan fingerprint density at radius 2 is 2.27 bits per heavy atom. The van der Waals surface area contributed by atoms with Crippen LogP contribution in [0.25, 0.3) is 11.5 Å². The highest BCUT2D eigenvalue weighted by atomic mass is 15.4. The van der Waals surface area contributed by atoms with Gasteiger partial charge in [0.1, 0.15) is 6.33 Å². The summed E-state index contributed by atoms with van der Waals surface area (Å²) in [5, 5.41) is 15.8. The maximum absolute atomic E-state index is 5.42. The van der Waals surface area contributed by atoms with Gasteiger partial charge < -0.3 is 10.3 Å². The topological polar surface area (TPSA) is 87.4 Å². The SMILES string of the molecule is CCn1cnnc1-c1cn(CCN)nn1. The van der Waals surface area contributed by atoms with E-state index in [1.54, 1.807) is 11.0 Å². The molecule has 0 saturated carbocycles. The van der Waals surface area contributed by atoms with Crippen LogP contribution >= 0.6 is 0 Å². The molecular weight excluding hydrogens is 194 g/mol. The van der Waals surface area contributed by atoms with Gasteiger partial charge in [0.2, 0.25) is 0 Å². The molecule has 0 radical (unpaired) electrons. The molecule has 0 aromatic carbocycles. The summed E-state index contributed by atoms with van der Waals surface area (Å²) >= 11 is 0. The molecule has 2 aromatic rings. The van der Waals surface area contributed by atoms with Gasteiger partial charge >= 0.3 is 0 Å². The van der Waals surface area contributed by atoms with Gasteiger partial charge in [-0.3, -0.25) is 4.68 Å². The highest BCUT2D eigenvalue weighted by Gasteiger charge is 2.09. The predicted molar refractivity (Wildman–Crippen MR) is 53.8 cm³/mol. The molecular formula is C8H13N7. The van der Waals surface area contributed by atoms with Crippen LogP contribution in [0.5, 0.6) is 0 Å². The summed E-state index contributed by atoms with van der Waals surface area (Å²) in [7, 11) is 0. The van der Waals surface area contributed by atoms with E-state index in [4.69, 9.17) is 5.73 Å². The number of aromatic nitrogens is 6. The Kier molecular flexibility index (Phi) is 2.72. The Hall–Kier alpha value is -1.76. The average Bonchev–Trinajstić information content (AvgIpc) is 2.84. The fourth-order valence-corrected chi connectivity index (χ4v) is 1.33. The van der Waals surface area contributed by atoms with E-state index in [9.17, 15) is 0 Å². The number of nitrogens with two attached hydrogens (primary N) is 1. The normalized spacial score (nSPS) is 10.8. The average molecular weight is 207 g/mol. The maximum Gasteiger partial charge on any atom is 0.185 e. The van der Waals surface area contributed by atoms with Gasteiger partial charge in [-0.2, -0.15) is 0 Å². The summed E-state index contributed by atoms with van der Waals surface area (Å²) < 4.78 is 3.61. The zero-order valence-electron chi connectivity index (χ0n) is 8.54. The zero-order valence-corrected chi connectivity index (χ0v) is 8.54. The molecule has 2 rings (SSSR count). The smallest absolute Gasteiger partial charge is 0.185 e. The third-order valence-electron chi connectivity index (χ3n) is 2.08. The molecule has 0 saturated heterocycles. The van der Waals surface area contributed by atoms with Crippen molar-refractivity contribution in [3.8, 4) is 11.5 Å². The standard InChI is InChI=1S/C8H13N7/c1-2-14-6-10-12-8(14)7-5-15(4-3-9)13-11-7/h5-6H,2-4,9H2,1H3. The van der Waals surface area contributed by atoms with Crippen molar-refractivity contribution in [3.05, 3.63) is 12.5 Å². The molecule has 0 aliphatic heterocycles. The molecule has 0 bridgehead atoms. The quantitative estimate of drug-likeness (QED) is 0.731. The van der Waals surface area contributed by atoms with Crippen LogP contribution in [0.4, 0.5) is 0 Å². The minimum absolute atomic E-state index is 0.545. The first-order valence-corrected chi connectivity index (χ1v) is 4.83. The first kappa shape index (κ1) is 9.78. The largest absolute Gasteiger partial charge is 0.329 e. The molecule has 0 spiro atoms. The van der Waals surface area contributed by atoms with Gasteiger partial charge in [-0.1, -0.05) is 5.21 Å². The van der Waals surface area contributed by atoms with Crippen molar-refractivity contribution in [2.75, 3.05) is 6.54 Å². The number of hydrogen-bond donors (Lipinski definition) is 1. The van der Waals surface area contributed by atoms with Crippen molar-refractivity contribution in [2.24, 2.45) is 5.73 Å². The van der Waals surface area contributed by atoms with E-state index >= 15 is 0 Å². The van der Waals surface area contributed by atoms with Crippen LogP contribution in [0.2, 0.25) is 0 Å². The van der Waals surface area contributed by atoms with E-state index in [-0.39, 0.29) is 0 Å². The van der Waals surface area contributed by atoms with E-state index in [1.165, 1.54) is 0 Å². The molecule has 0 fully saturated rings. The summed E-state index contributed by atoms with van der Waals surface area (Å²) in [5.41, 5.74) is 6.15.